The molecule has 1 aliphatic carbocycles. The Morgan fingerprint density at radius 2 is 1.98 bits per heavy atom. The fourth-order valence-corrected chi connectivity index (χ4v) is 6.21. The number of piperidine rings is 1. The number of carbonyl (C=O) groups is 1. The van der Waals surface area contributed by atoms with Gasteiger partial charge in [0.15, 0.2) is 5.69 Å². The molecule has 0 spiro atoms. The van der Waals surface area contributed by atoms with Crippen LogP contribution in [0.25, 0.3) is 10.9 Å². The molecule has 8 nitrogen and oxygen atoms in total. The third-order valence-corrected chi connectivity index (χ3v) is 8.60. The smallest absolute Gasteiger partial charge is 0.272 e. The van der Waals surface area contributed by atoms with Crippen LogP contribution in [0.4, 0.5) is 4.39 Å². The average molecular weight is 540 g/mol. The fraction of sp³-hybridized carbons (Fsp3) is 0.452. The first-order valence-electron chi connectivity index (χ1n) is 14.3. The van der Waals surface area contributed by atoms with Gasteiger partial charge < -0.3 is 19.8 Å². The Bertz CT molecular complexity index is 1610. The number of aromatic nitrogens is 5. The van der Waals surface area contributed by atoms with Gasteiger partial charge >= 0.3 is 0 Å². The standard InChI is InChI=1S/C31H34FN7O/c1-37-13-11-19(12-14-37)7-10-25-27(20-8-9-20)30(36-38(25)2)31(40)35-28(24-15-21-5-3-4-6-23(21)34-24)29-26-16-22(32)17-39(26)18-33-29/h3-6,15,18-20,22,28,34H,8-9,11-14,16-17H2,1-2H3,(H,35,40)/t22-,28?/m1/s1. The number of nitrogens with zero attached hydrogens (tertiary/aromatic N) is 5. The number of H-pyrrole nitrogens is 1. The highest BCUT2D eigenvalue weighted by Crippen LogP contribution is 2.43. The number of para-hydroxylation sites is 1. The molecule has 1 amide bonds. The Labute approximate surface area is 233 Å². The fourth-order valence-electron chi connectivity index (χ4n) is 6.21. The van der Waals surface area contributed by atoms with Crippen LogP contribution >= 0.6 is 0 Å². The molecule has 2 N–H and O–H groups in total. The van der Waals surface area contributed by atoms with E-state index in [-0.39, 0.29) is 12.3 Å². The number of imidazole rings is 1. The maximum absolute atomic E-state index is 14.3. The van der Waals surface area contributed by atoms with Crippen molar-refractivity contribution in [1.29, 1.82) is 0 Å². The molecule has 40 heavy (non-hydrogen) atoms. The van der Waals surface area contributed by atoms with Gasteiger partial charge in [-0.3, -0.25) is 9.48 Å². The second-order valence-electron chi connectivity index (χ2n) is 11.6. The molecule has 3 aromatic heterocycles. The summed E-state index contributed by atoms with van der Waals surface area (Å²) >= 11 is 0. The quantitative estimate of drug-likeness (QED) is 0.375. The highest BCUT2D eigenvalue weighted by atomic mass is 19.1. The van der Waals surface area contributed by atoms with Gasteiger partial charge in [-0.2, -0.15) is 5.10 Å². The van der Waals surface area contributed by atoms with Crippen molar-refractivity contribution in [3.8, 4) is 11.8 Å². The van der Waals surface area contributed by atoms with Gasteiger partial charge in [-0.05, 0) is 75.2 Å². The Balaban J connectivity index is 1.24. The van der Waals surface area contributed by atoms with Gasteiger partial charge in [0.05, 0.1) is 18.6 Å². The topological polar surface area (TPSA) is 83.8 Å². The van der Waals surface area contributed by atoms with Gasteiger partial charge in [0.25, 0.3) is 5.91 Å². The molecule has 2 aliphatic heterocycles. The number of likely N-dealkylation sites (tertiary alicyclic amines) is 1. The van der Waals surface area contributed by atoms with E-state index in [1.54, 1.807) is 11.0 Å². The van der Waals surface area contributed by atoms with Crippen molar-refractivity contribution in [3.63, 3.8) is 0 Å². The lowest BCUT2D eigenvalue weighted by Gasteiger charge is -2.25. The number of halogens is 1. The zero-order valence-corrected chi connectivity index (χ0v) is 23.0. The van der Waals surface area contributed by atoms with E-state index in [4.69, 9.17) is 5.10 Å². The van der Waals surface area contributed by atoms with E-state index in [0.717, 1.165) is 72.3 Å². The molecule has 206 valence electrons. The number of rotatable bonds is 5. The Morgan fingerprint density at radius 3 is 2.75 bits per heavy atom. The third kappa shape index (κ3) is 4.60. The molecule has 4 aromatic rings. The van der Waals surface area contributed by atoms with Gasteiger partial charge in [-0.25, -0.2) is 9.37 Å². The maximum Gasteiger partial charge on any atom is 0.272 e. The summed E-state index contributed by atoms with van der Waals surface area (Å²) in [6.45, 7) is 2.41. The van der Waals surface area contributed by atoms with Gasteiger partial charge in [-0.15, -0.1) is 0 Å². The molecule has 2 fully saturated rings. The number of aryl methyl sites for hydroxylation is 1. The zero-order valence-electron chi connectivity index (χ0n) is 23.0. The van der Waals surface area contributed by atoms with Crippen molar-refractivity contribution < 1.29 is 9.18 Å². The molecule has 3 aliphatic rings. The molecule has 0 bridgehead atoms. The first kappa shape index (κ1) is 25.1. The highest BCUT2D eigenvalue weighted by molar-refractivity contribution is 5.95. The summed E-state index contributed by atoms with van der Waals surface area (Å²) in [7, 11) is 4.03. The minimum absolute atomic E-state index is 0.259. The number of hydrogen-bond acceptors (Lipinski definition) is 4. The number of benzene rings is 1. The lowest BCUT2D eigenvalue weighted by Crippen LogP contribution is -2.31. The first-order valence-corrected chi connectivity index (χ1v) is 14.3. The predicted molar refractivity (Wildman–Crippen MR) is 151 cm³/mol. The average Bonchev–Trinajstić information content (AvgIpc) is 3.24. The van der Waals surface area contributed by atoms with Gasteiger partial charge in [0, 0.05) is 41.9 Å². The lowest BCUT2D eigenvalue weighted by atomic mass is 9.97. The number of aromatic amines is 1. The van der Waals surface area contributed by atoms with Crippen LogP contribution in [0.5, 0.6) is 0 Å². The molecule has 1 saturated carbocycles. The molecule has 5 heterocycles. The summed E-state index contributed by atoms with van der Waals surface area (Å²) in [6, 6.07) is 9.47. The molecule has 1 unspecified atom stereocenters. The van der Waals surface area contributed by atoms with Gasteiger partial charge in [0.2, 0.25) is 0 Å². The van der Waals surface area contributed by atoms with Crippen molar-refractivity contribution >= 4 is 16.8 Å². The lowest BCUT2D eigenvalue weighted by molar-refractivity contribution is 0.0935. The molecule has 0 radical (unpaired) electrons. The van der Waals surface area contributed by atoms with Crippen molar-refractivity contribution in [2.24, 2.45) is 13.0 Å². The van der Waals surface area contributed by atoms with E-state index in [9.17, 15) is 9.18 Å². The number of alkyl halides is 1. The van der Waals surface area contributed by atoms with Crippen LogP contribution in [0.1, 0.15) is 76.5 Å². The SMILES string of the molecule is CN1CCC(C#Cc2c(C3CC3)c(C(=O)NC(c3cc4ccccc4[nH]3)c3ncn4c3C[C@@H](F)C4)nn2C)CC1. The second-order valence-corrected chi connectivity index (χ2v) is 11.6. The number of nitrogens with one attached hydrogen (secondary N) is 2. The summed E-state index contributed by atoms with van der Waals surface area (Å²) in [5.41, 5.74) is 5.50. The summed E-state index contributed by atoms with van der Waals surface area (Å²) in [4.78, 5) is 24.5. The Kier molecular flexibility index (Phi) is 6.23. The Morgan fingerprint density at radius 1 is 1.18 bits per heavy atom. The third-order valence-electron chi connectivity index (χ3n) is 8.60. The van der Waals surface area contributed by atoms with E-state index in [1.807, 2.05) is 41.9 Å². The summed E-state index contributed by atoms with van der Waals surface area (Å²) < 4.78 is 18.0. The maximum atomic E-state index is 14.3. The van der Waals surface area contributed by atoms with Gasteiger partial charge in [-0.1, -0.05) is 24.1 Å². The highest BCUT2D eigenvalue weighted by Gasteiger charge is 2.36. The van der Waals surface area contributed by atoms with Gasteiger partial charge in [0.1, 0.15) is 17.9 Å². The molecule has 1 saturated heterocycles. The molecular weight excluding hydrogens is 505 g/mol. The minimum atomic E-state index is -0.946. The molecule has 2 atom stereocenters. The van der Waals surface area contributed by atoms with Crippen molar-refractivity contribution in [2.45, 2.75) is 56.8 Å². The number of hydrogen-bond donors (Lipinski definition) is 2. The van der Waals surface area contributed by atoms with Crippen LogP contribution in [-0.4, -0.2) is 61.4 Å². The second kappa shape index (κ2) is 9.93. The van der Waals surface area contributed by atoms with Crippen LogP contribution in [0.3, 0.4) is 0 Å². The van der Waals surface area contributed by atoms with Crippen molar-refractivity contribution in [2.75, 3.05) is 20.1 Å². The van der Waals surface area contributed by atoms with Crippen LogP contribution in [0.15, 0.2) is 36.7 Å². The molecular formula is C31H34FN7O. The minimum Gasteiger partial charge on any atom is -0.356 e. The molecule has 9 heteroatoms. The van der Waals surface area contributed by atoms with Crippen molar-refractivity contribution in [3.05, 3.63) is 70.7 Å². The molecule has 1 aromatic carbocycles. The Hall–Kier alpha value is -3.90. The van der Waals surface area contributed by atoms with Crippen LogP contribution in [0.2, 0.25) is 0 Å². The summed E-state index contributed by atoms with van der Waals surface area (Å²) in [5.74, 6) is 7.31. The van der Waals surface area contributed by atoms with E-state index in [1.165, 1.54) is 0 Å². The van der Waals surface area contributed by atoms with E-state index in [0.29, 0.717) is 29.8 Å². The number of carbonyl (C=O) groups excluding carboxylic acids is 1. The number of fused-ring (bicyclic) bond motifs is 2. The van der Waals surface area contributed by atoms with E-state index < -0.39 is 12.2 Å². The number of amides is 1. The summed E-state index contributed by atoms with van der Waals surface area (Å²) in [5, 5.41) is 8.98. The van der Waals surface area contributed by atoms with Crippen molar-refractivity contribution in [1.82, 2.24) is 34.5 Å². The van der Waals surface area contributed by atoms with Crippen LogP contribution < -0.4 is 5.32 Å². The van der Waals surface area contributed by atoms with E-state index in [2.05, 4.69) is 39.1 Å². The van der Waals surface area contributed by atoms with Crippen LogP contribution in [0, 0.1) is 17.8 Å². The monoisotopic (exact) mass is 539 g/mol. The molecule has 7 rings (SSSR count). The zero-order chi connectivity index (χ0) is 27.4. The van der Waals surface area contributed by atoms with E-state index >= 15 is 0 Å². The normalized spacial score (nSPS) is 20.3. The predicted octanol–water partition coefficient (Wildman–Crippen LogP) is 4.08. The van der Waals surface area contributed by atoms with Crippen LogP contribution in [-0.2, 0) is 20.0 Å². The largest absolute Gasteiger partial charge is 0.356 e. The summed E-state index contributed by atoms with van der Waals surface area (Å²) in [6.07, 6.45) is 5.22. The first-order chi connectivity index (χ1) is 19.4.